The lowest BCUT2D eigenvalue weighted by Crippen LogP contribution is -2.37. The summed E-state index contributed by atoms with van der Waals surface area (Å²) in [5.41, 5.74) is 3.37. The fourth-order valence-electron chi connectivity index (χ4n) is 3.62. The van der Waals surface area contributed by atoms with Gasteiger partial charge in [-0.2, -0.15) is 5.26 Å². The van der Waals surface area contributed by atoms with Crippen molar-refractivity contribution < 1.29 is 14.3 Å². The Morgan fingerprint density at radius 3 is 2.70 bits per heavy atom. The molecule has 2 aliphatic rings. The average Bonchev–Trinajstić information content (AvgIpc) is 2.66. The van der Waals surface area contributed by atoms with Crippen LogP contribution in [0.25, 0.3) is 0 Å². The number of esters is 1. The van der Waals surface area contributed by atoms with E-state index in [1.165, 1.54) is 11.8 Å². The summed E-state index contributed by atoms with van der Waals surface area (Å²) in [5, 5.41) is 10.4. The second kappa shape index (κ2) is 8.53. The van der Waals surface area contributed by atoms with E-state index in [4.69, 9.17) is 4.74 Å². The number of nitriles is 1. The van der Waals surface area contributed by atoms with Gasteiger partial charge in [0.15, 0.2) is 0 Å². The van der Waals surface area contributed by atoms with Crippen LogP contribution in [-0.4, -0.2) is 29.8 Å². The third-order valence-electron chi connectivity index (χ3n) is 4.87. The Morgan fingerprint density at radius 2 is 2.04 bits per heavy atom. The topological polar surface area (TPSA) is 79.5 Å². The van der Waals surface area contributed by atoms with E-state index >= 15 is 0 Å². The van der Waals surface area contributed by atoms with Crippen LogP contribution in [0.5, 0.6) is 0 Å². The van der Waals surface area contributed by atoms with Gasteiger partial charge in [0.1, 0.15) is 10.8 Å². The van der Waals surface area contributed by atoms with Gasteiger partial charge in [0.2, 0.25) is 0 Å². The fraction of sp³-hybridized carbons (Fsp3) is 0.429. The molecule has 0 aromatic heterocycles. The molecule has 0 bridgehead atoms. The minimum Gasteiger partial charge on any atom is -0.465 e. The first-order valence-corrected chi connectivity index (χ1v) is 10.1. The quantitative estimate of drug-likeness (QED) is 0.721. The van der Waals surface area contributed by atoms with Gasteiger partial charge in [0.25, 0.3) is 0 Å². The number of thioether (sulfide) groups is 1. The molecule has 0 N–H and O–H groups in total. The van der Waals surface area contributed by atoms with E-state index in [1.807, 2.05) is 31.2 Å². The number of rotatable bonds is 5. The number of aliphatic imine (C=N–C) groups is 1. The number of fused-ring (bicyclic) bond motifs is 1. The van der Waals surface area contributed by atoms with Crippen LogP contribution in [0.3, 0.4) is 0 Å². The summed E-state index contributed by atoms with van der Waals surface area (Å²) >= 11 is 1.22. The van der Waals surface area contributed by atoms with Crippen molar-refractivity contribution in [2.45, 2.75) is 39.0 Å². The van der Waals surface area contributed by atoms with Crippen LogP contribution in [0.15, 0.2) is 39.9 Å². The number of allylic oxidation sites excluding steroid dienone is 1. The monoisotopic (exact) mass is 382 g/mol. The highest BCUT2D eigenvalue weighted by molar-refractivity contribution is 8.03. The Morgan fingerprint density at radius 1 is 1.30 bits per heavy atom. The Labute approximate surface area is 163 Å². The van der Waals surface area contributed by atoms with Crippen molar-refractivity contribution in [3.05, 3.63) is 46.0 Å². The Balaban J connectivity index is 2.02. The van der Waals surface area contributed by atoms with E-state index in [0.29, 0.717) is 23.6 Å². The molecular weight excluding hydrogens is 360 g/mol. The lowest BCUT2D eigenvalue weighted by molar-refractivity contribution is -0.139. The molecule has 0 amide bonds. The average molecular weight is 382 g/mol. The summed E-state index contributed by atoms with van der Waals surface area (Å²) in [6.45, 7) is 4.08. The second-order valence-electron chi connectivity index (χ2n) is 6.71. The van der Waals surface area contributed by atoms with Crippen molar-refractivity contribution in [1.82, 2.24) is 0 Å². The summed E-state index contributed by atoms with van der Waals surface area (Å²) in [6.07, 6.45) is 2.06. The highest BCUT2D eigenvalue weighted by Crippen LogP contribution is 2.44. The van der Waals surface area contributed by atoms with Gasteiger partial charge < -0.3 is 4.74 Å². The largest absolute Gasteiger partial charge is 0.465 e. The van der Waals surface area contributed by atoms with Crippen molar-refractivity contribution in [2.75, 3.05) is 12.4 Å². The molecule has 1 aliphatic carbocycles. The molecule has 2 unspecified atom stereocenters. The SMILES string of the molecule is CCOC(=O)CSC1=C(C#N)C(c2ccc(C)cc2)C2C(=O)CCCC2=N1. The Bertz CT molecular complexity index is 849. The van der Waals surface area contributed by atoms with Crippen molar-refractivity contribution >= 4 is 29.2 Å². The molecule has 0 spiro atoms. The molecule has 3 rings (SSSR count). The minimum atomic E-state index is -0.372. The van der Waals surface area contributed by atoms with Crippen LogP contribution in [0.1, 0.15) is 43.2 Å². The first kappa shape index (κ1) is 19.4. The number of carbonyl (C=O) groups is 2. The van der Waals surface area contributed by atoms with Gasteiger partial charge in [-0.15, -0.1) is 0 Å². The maximum absolute atomic E-state index is 12.7. The fourth-order valence-corrected chi connectivity index (χ4v) is 4.47. The highest BCUT2D eigenvalue weighted by atomic mass is 32.2. The summed E-state index contributed by atoms with van der Waals surface area (Å²) in [5.74, 6) is -0.790. The van der Waals surface area contributed by atoms with Crippen LogP contribution in [-0.2, 0) is 14.3 Å². The van der Waals surface area contributed by atoms with Crippen molar-refractivity contribution in [3.63, 3.8) is 0 Å². The zero-order valence-corrected chi connectivity index (χ0v) is 16.3. The molecule has 5 nitrogen and oxygen atoms in total. The van der Waals surface area contributed by atoms with Crippen molar-refractivity contribution in [2.24, 2.45) is 10.9 Å². The Hall–Kier alpha value is -2.39. The van der Waals surface area contributed by atoms with E-state index in [-0.39, 0.29) is 29.3 Å². The number of nitrogens with zero attached hydrogens (tertiary/aromatic N) is 2. The van der Waals surface area contributed by atoms with E-state index in [1.54, 1.807) is 6.92 Å². The number of Topliss-reactive ketones (excluding diaryl/α,β-unsaturated/α-hetero) is 1. The third-order valence-corrected chi connectivity index (χ3v) is 5.84. The number of hydrogen-bond acceptors (Lipinski definition) is 6. The molecule has 1 aromatic rings. The van der Waals surface area contributed by atoms with Crippen molar-refractivity contribution in [3.8, 4) is 6.07 Å². The number of benzene rings is 1. The number of ketones is 1. The molecule has 140 valence electrons. The molecule has 1 fully saturated rings. The highest BCUT2D eigenvalue weighted by Gasteiger charge is 2.42. The summed E-state index contributed by atoms with van der Waals surface area (Å²) < 4.78 is 4.98. The third kappa shape index (κ3) is 4.14. The molecule has 6 heteroatoms. The van der Waals surface area contributed by atoms with Crippen LogP contribution in [0.2, 0.25) is 0 Å². The maximum Gasteiger partial charge on any atom is 0.316 e. The van der Waals surface area contributed by atoms with E-state index < -0.39 is 0 Å². The van der Waals surface area contributed by atoms with Crippen LogP contribution in [0, 0.1) is 24.2 Å². The minimum absolute atomic E-state index is 0.102. The van der Waals surface area contributed by atoms with E-state index in [0.717, 1.165) is 29.7 Å². The molecule has 2 atom stereocenters. The zero-order valence-electron chi connectivity index (χ0n) is 15.5. The molecular formula is C21H22N2O3S. The first-order valence-electron chi connectivity index (χ1n) is 9.14. The molecule has 27 heavy (non-hydrogen) atoms. The number of ether oxygens (including phenoxy) is 1. The first-order chi connectivity index (χ1) is 13.0. The Kier molecular flexibility index (Phi) is 6.12. The molecule has 0 saturated heterocycles. The van der Waals surface area contributed by atoms with Gasteiger partial charge in [-0.3, -0.25) is 9.59 Å². The second-order valence-corrected chi connectivity index (χ2v) is 7.68. The molecule has 1 aromatic carbocycles. The summed E-state index contributed by atoms with van der Waals surface area (Å²) in [4.78, 5) is 29.1. The molecule has 1 heterocycles. The molecule has 1 aliphatic heterocycles. The van der Waals surface area contributed by atoms with Crippen LogP contribution >= 0.6 is 11.8 Å². The van der Waals surface area contributed by atoms with Gasteiger partial charge in [-0.25, -0.2) is 4.99 Å². The van der Waals surface area contributed by atoms with E-state index in [2.05, 4.69) is 11.1 Å². The van der Waals surface area contributed by atoms with Gasteiger partial charge in [0, 0.05) is 18.1 Å². The predicted molar refractivity (Wildman–Crippen MR) is 105 cm³/mol. The van der Waals surface area contributed by atoms with Crippen LogP contribution < -0.4 is 0 Å². The lowest BCUT2D eigenvalue weighted by atomic mass is 9.70. The van der Waals surface area contributed by atoms with Gasteiger partial charge in [-0.05, 0) is 32.3 Å². The number of hydrogen-bond donors (Lipinski definition) is 0. The zero-order chi connectivity index (χ0) is 19.4. The standard InChI is InChI=1S/C21H22N2O3S/c1-3-26-18(25)12-27-21-15(11-22)19(14-9-7-13(2)8-10-14)20-16(23-21)5-4-6-17(20)24/h7-10,19-20H,3-6,12H2,1-2H3. The van der Waals surface area contributed by atoms with E-state index in [9.17, 15) is 14.9 Å². The normalized spacial score (nSPS) is 22.0. The summed E-state index contributed by atoms with van der Waals surface area (Å²) in [7, 11) is 0. The summed E-state index contributed by atoms with van der Waals surface area (Å²) in [6, 6.07) is 10.2. The van der Waals surface area contributed by atoms with Crippen LogP contribution in [0.4, 0.5) is 0 Å². The van der Waals surface area contributed by atoms with Gasteiger partial charge >= 0.3 is 5.97 Å². The number of aryl methyl sites for hydroxylation is 1. The smallest absolute Gasteiger partial charge is 0.316 e. The number of carbonyl (C=O) groups excluding carboxylic acids is 2. The van der Waals surface area contributed by atoms with Gasteiger partial charge in [0.05, 0.1) is 29.9 Å². The maximum atomic E-state index is 12.7. The molecule has 1 saturated carbocycles. The predicted octanol–water partition coefficient (Wildman–Crippen LogP) is 3.93. The van der Waals surface area contributed by atoms with Gasteiger partial charge in [-0.1, -0.05) is 41.6 Å². The molecule has 0 radical (unpaired) electrons. The lowest BCUT2D eigenvalue weighted by Gasteiger charge is -2.34. The van der Waals surface area contributed by atoms with Crippen molar-refractivity contribution in [1.29, 1.82) is 5.26 Å².